The molecule has 0 aliphatic carbocycles. The summed E-state index contributed by atoms with van der Waals surface area (Å²) in [5.74, 6) is 3.36. The second-order valence-corrected chi connectivity index (χ2v) is 11.2. The van der Waals surface area contributed by atoms with Crippen LogP contribution in [0.15, 0.2) is 121 Å². The van der Waals surface area contributed by atoms with Gasteiger partial charge in [-0.3, -0.25) is 0 Å². The summed E-state index contributed by atoms with van der Waals surface area (Å²) in [6, 6.07) is 44.0. The monoisotopic (exact) mass is 549 g/mol. The number of benzene rings is 6. The first-order valence-corrected chi connectivity index (χ1v) is 14.4. The highest BCUT2D eigenvalue weighted by Crippen LogP contribution is 2.56. The van der Waals surface area contributed by atoms with Crippen LogP contribution in [0.4, 0.5) is 34.1 Å². The molecule has 198 valence electrons. The smallest absolute Gasteiger partial charge is 0.252 e. The number of para-hydroxylation sites is 6. The van der Waals surface area contributed by atoms with Crippen molar-refractivity contribution in [2.75, 3.05) is 9.80 Å². The fraction of sp³-hybridized carbons (Fsp3) is 0. The van der Waals surface area contributed by atoms with Crippen LogP contribution in [0.1, 0.15) is 5.56 Å². The van der Waals surface area contributed by atoms with Crippen molar-refractivity contribution in [1.82, 2.24) is 0 Å². The molecule has 6 aromatic rings. The van der Waals surface area contributed by atoms with E-state index in [1.165, 1.54) is 16.4 Å². The van der Waals surface area contributed by atoms with Gasteiger partial charge in [0.1, 0.15) is 0 Å². The Hall–Kier alpha value is -5.93. The molecule has 0 saturated carbocycles. The fourth-order valence-electron chi connectivity index (χ4n) is 7.29. The van der Waals surface area contributed by atoms with Crippen LogP contribution >= 0.6 is 0 Å². The SMILES string of the molecule is N#Cc1ccc(-c2cc3c4c(c2)N2c5ccccc5Oc5cccc(c52)B4c2cccc4c2N3c2ccccc2O4)cc1. The average Bonchev–Trinajstić information content (AvgIpc) is 3.06. The molecule has 4 heterocycles. The van der Waals surface area contributed by atoms with Crippen LogP contribution in [0.2, 0.25) is 0 Å². The Kier molecular flexibility index (Phi) is 4.28. The van der Waals surface area contributed by atoms with E-state index in [1.807, 2.05) is 48.5 Å². The largest absolute Gasteiger partial charge is 0.453 e. The third-order valence-corrected chi connectivity index (χ3v) is 9.04. The Morgan fingerprint density at radius 1 is 0.512 bits per heavy atom. The van der Waals surface area contributed by atoms with E-state index < -0.39 is 0 Å². The van der Waals surface area contributed by atoms with Gasteiger partial charge in [0, 0.05) is 11.4 Å². The maximum Gasteiger partial charge on any atom is 0.252 e. The molecule has 0 bridgehead atoms. The molecule has 43 heavy (non-hydrogen) atoms. The molecular formula is C37H20BN3O2. The third-order valence-electron chi connectivity index (χ3n) is 9.04. The summed E-state index contributed by atoms with van der Waals surface area (Å²) in [5, 5.41) is 9.46. The lowest BCUT2D eigenvalue weighted by Gasteiger charge is -2.47. The van der Waals surface area contributed by atoms with E-state index in [4.69, 9.17) is 9.47 Å². The van der Waals surface area contributed by atoms with Crippen molar-refractivity contribution in [2.24, 2.45) is 0 Å². The van der Waals surface area contributed by atoms with Gasteiger partial charge in [-0.05, 0) is 88.2 Å². The standard InChI is InChI=1S/C37H20BN3O2/c39-21-22-15-17-23(18-16-22)24-19-29-35-30(20-24)41-28-10-2-4-12-32(28)43-34-14-6-8-26(37(34)41)38(35)25-7-5-13-33-36(25)40(29)27-9-1-3-11-31(27)42-33/h1-20H. The van der Waals surface area contributed by atoms with Crippen molar-refractivity contribution in [1.29, 1.82) is 5.26 Å². The number of nitrogens with zero attached hydrogens (tertiary/aromatic N) is 3. The van der Waals surface area contributed by atoms with E-state index in [0.717, 1.165) is 68.2 Å². The molecule has 0 unspecified atom stereocenters. The van der Waals surface area contributed by atoms with Gasteiger partial charge >= 0.3 is 0 Å². The van der Waals surface area contributed by atoms with E-state index in [-0.39, 0.29) is 6.71 Å². The number of ether oxygens (including phenoxy) is 2. The van der Waals surface area contributed by atoms with Crippen molar-refractivity contribution in [3.63, 3.8) is 0 Å². The van der Waals surface area contributed by atoms with Crippen LogP contribution in [0.3, 0.4) is 0 Å². The van der Waals surface area contributed by atoms with Crippen LogP contribution in [0.5, 0.6) is 23.0 Å². The van der Waals surface area contributed by atoms with Crippen molar-refractivity contribution in [3.8, 4) is 40.2 Å². The van der Waals surface area contributed by atoms with Crippen molar-refractivity contribution >= 4 is 57.2 Å². The molecule has 0 aromatic heterocycles. The van der Waals surface area contributed by atoms with Gasteiger partial charge in [-0.25, -0.2) is 0 Å². The number of nitriles is 1. The normalized spacial score (nSPS) is 13.8. The van der Waals surface area contributed by atoms with Gasteiger partial charge < -0.3 is 19.3 Å². The highest BCUT2D eigenvalue weighted by atomic mass is 16.5. The second kappa shape index (κ2) is 8.09. The van der Waals surface area contributed by atoms with Gasteiger partial charge in [0.25, 0.3) is 6.71 Å². The number of hydrogen-bond acceptors (Lipinski definition) is 5. The van der Waals surface area contributed by atoms with Crippen molar-refractivity contribution in [2.45, 2.75) is 0 Å². The first-order valence-electron chi connectivity index (χ1n) is 14.4. The highest BCUT2D eigenvalue weighted by molar-refractivity contribution is 7.00. The van der Waals surface area contributed by atoms with Gasteiger partial charge in [0.15, 0.2) is 23.0 Å². The molecule has 5 nitrogen and oxygen atoms in total. The molecule has 0 atom stereocenters. The molecular weight excluding hydrogens is 529 g/mol. The molecule has 10 rings (SSSR count). The summed E-state index contributed by atoms with van der Waals surface area (Å²) in [5.41, 5.74) is 12.9. The summed E-state index contributed by atoms with van der Waals surface area (Å²) in [7, 11) is 0. The van der Waals surface area contributed by atoms with E-state index in [1.54, 1.807) is 0 Å². The Balaban J connectivity index is 1.35. The summed E-state index contributed by atoms with van der Waals surface area (Å²) in [6.07, 6.45) is 0. The topological polar surface area (TPSA) is 48.7 Å². The van der Waals surface area contributed by atoms with E-state index in [2.05, 4.69) is 88.7 Å². The first-order chi connectivity index (χ1) is 21.3. The Morgan fingerprint density at radius 2 is 1.02 bits per heavy atom. The lowest BCUT2D eigenvalue weighted by atomic mass is 9.33. The molecule has 4 aliphatic rings. The molecule has 0 fully saturated rings. The predicted octanol–water partition coefficient (Wildman–Crippen LogP) is 7.52. The van der Waals surface area contributed by atoms with Crippen LogP contribution in [0.25, 0.3) is 11.1 Å². The molecule has 6 heteroatoms. The number of anilines is 6. The Labute approximate surface area is 248 Å². The summed E-state index contributed by atoms with van der Waals surface area (Å²) in [6.45, 7) is -0.0138. The maximum absolute atomic E-state index is 9.46. The minimum atomic E-state index is -0.0138. The van der Waals surface area contributed by atoms with E-state index in [9.17, 15) is 5.26 Å². The van der Waals surface area contributed by atoms with Crippen LogP contribution in [-0.4, -0.2) is 6.71 Å². The first kappa shape index (κ1) is 22.7. The second-order valence-electron chi connectivity index (χ2n) is 11.2. The van der Waals surface area contributed by atoms with Crippen molar-refractivity contribution in [3.05, 3.63) is 127 Å². The lowest BCUT2D eigenvalue weighted by molar-refractivity contribution is 0.477. The lowest BCUT2D eigenvalue weighted by Crippen LogP contribution is -2.61. The molecule has 0 amide bonds. The summed E-state index contributed by atoms with van der Waals surface area (Å²) < 4.78 is 13.1. The highest BCUT2D eigenvalue weighted by Gasteiger charge is 2.47. The van der Waals surface area contributed by atoms with Gasteiger partial charge in [-0.15, -0.1) is 0 Å². The number of fused-ring (bicyclic) bond motifs is 8. The zero-order valence-corrected chi connectivity index (χ0v) is 22.8. The fourth-order valence-corrected chi connectivity index (χ4v) is 7.29. The van der Waals surface area contributed by atoms with Gasteiger partial charge in [0.2, 0.25) is 0 Å². The molecule has 4 aliphatic heterocycles. The molecule has 0 radical (unpaired) electrons. The average molecular weight is 549 g/mol. The summed E-state index contributed by atoms with van der Waals surface area (Å²) in [4.78, 5) is 4.76. The number of hydrogen-bond donors (Lipinski definition) is 0. The van der Waals surface area contributed by atoms with E-state index >= 15 is 0 Å². The van der Waals surface area contributed by atoms with Crippen molar-refractivity contribution < 1.29 is 9.47 Å². The molecule has 0 spiro atoms. The maximum atomic E-state index is 9.46. The Bertz CT molecular complexity index is 2110. The third kappa shape index (κ3) is 2.91. The van der Waals surface area contributed by atoms with Crippen LogP contribution < -0.4 is 35.7 Å². The zero-order valence-electron chi connectivity index (χ0n) is 22.8. The predicted molar refractivity (Wildman–Crippen MR) is 171 cm³/mol. The number of rotatable bonds is 1. The van der Waals surface area contributed by atoms with Gasteiger partial charge in [0.05, 0.1) is 34.4 Å². The van der Waals surface area contributed by atoms with Gasteiger partial charge in [-0.1, -0.05) is 60.7 Å². The van der Waals surface area contributed by atoms with Crippen LogP contribution in [0, 0.1) is 11.3 Å². The molecule has 6 aromatic carbocycles. The Morgan fingerprint density at radius 3 is 1.56 bits per heavy atom. The quantitative estimate of drug-likeness (QED) is 0.198. The van der Waals surface area contributed by atoms with Gasteiger partial charge in [-0.2, -0.15) is 5.26 Å². The minimum absolute atomic E-state index is 0.0138. The molecule has 0 saturated heterocycles. The minimum Gasteiger partial charge on any atom is -0.453 e. The summed E-state index contributed by atoms with van der Waals surface area (Å²) >= 11 is 0. The molecule has 0 N–H and O–H groups in total. The van der Waals surface area contributed by atoms with E-state index in [0.29, 0.717) is 5.56 Å². The zero-order chi connectivity index (χ0) is 28.2. The van der Waals surface area contributed by atoms with Crippen LogP contribution in [-0.2, 0) is 0 Å².